The van der Waals surface area contributed by atoms with E-state index in [0.29, 0.717) is 5.02 Å². The molecule has 0 radical (unpaired) electrons. The molecule has 0 heterocycles. The first-order chi connectivity index (χ1) is 12.5. The third-order valence-corrected chi connectivity index (χ3v) is 4.06. The second kappa shape index (κ2) is 8.99. The average molecular weight is 372 g/mol. The van der Waals surface area contributed by atoms with Crippen molar-refractivity contribution in [2.24, 2.45) is 0 Å². The largest absolute Gasteiger partial charge is 0.375 e. The molecule has 1 atom stereocenters. The highest BCUT2D eigenvalue weighted by Gasteiger charge is 2.19. The maximum absolute atomic E-state index is 12.1. The molecule has 0 aromatic heterocycles. The summed E-state index contributed by atoms with van der Waals surface area (Å²) in [7, 11) is 1.54. The monoisotopic (exact) mass is 371 g/mol. The van der Waals surface area contributed by atoms with Gasteiger partial charge >= 0.3 is 11.8 Å². The number of aryl methyl sites for hydroxylation is 1. The van der Waals surface area contributed by atoms with Crippen molar-refractivity contribution in [3.8, 4) is 6.07 Å². The van der Waals surface area contributed by atoms with Gasteiger partial charge in [-0.3, -0.25) is 9.59 Å². The topological polar surface area (TPSA) is 91.2 Å². The summed E-state index contributed by atoms with van der Waals surface area (Å²) in [5.41, 5.74) is 2.35. The minimum atomic E-state index is -0.886. The van der Waals surface area contributed by atoms with Crippen LogP contribution in [0.2, 0.25) is 5.02 Å². The van der Waals surface area contributed by atoms with E-state index in [-0.39, 0.29) is 23.9 Å². The second-order valence-electron chi connectivity index (χ2n) is 5.55. The van der Waals surface area contributed by atoms with Crippen LogP contribution in [0.4, 0.5) is 5.69 Å². The molecular weight excluding hydrogens is 354 g/mol. The summed E-state index contributed by atoms with van der Waals surface area (Å²) in [4.78, 5) is 24.2. The van der Waals surface area contributed by atoms with Crippen LogP contribution in [0.25, 0.3) is 0 Å². The van der Waals surface area contributed by atoms with E-state index >= 15 is 0 Å². The summed E-state index contributed by atoms with van der Waals surface area (Å²) in [5.74, 6) is -1.71. The van der Waals surface area contributed by atoms with E-state index in [1.165, 1.54) is 25.3 Å². The number of benzene rings is 2. The van der Waals surface area contributed by atoms with Crippen molar-refractivity contribution >= 4 is 29.1 Å². The number of carbonyl (C=O) groups is 2. The van der Waals surface area contributed by atoms with Crippen molar-refractivity contribution in [2.45, 2.75) is 13.0 Å². The summed E-state index contributed by atoms with van der Waals surface area (Å²) in [5, 5.41) is 14.3. The third kappa shape index (κ3) is 4.82. The summed E-state index contributed by atoms with van der Waals surface area (Å²) in [6.07, 6.45) is -0.381. The Bertz CT molecular complexity index is 861. The zero-order chi connectivity index (χ0) is 19.1. The number of nitriles is 1. The van der Waals surface area contributed by atoms with E-state index in [4.69, 9.17) is 21.6 Å². The van der Waals surface area contributed by atoms with Crippen molar-refractivity contribution in [1.82, 2.24) is 5.32 Å². The zero-order valence-corrected chi connectivity index (χ0v) is 15.1. The molecule has 7 heteroatoms. The minimum Gasteiger partial charge on any atom is -0.375 e. The first kappa shape index (κ1) is 19.4. The van der Waals surface area contributed by atoms with Crippen molar-refractivity contribution in [1.29, 1.82) is 5.26 Å². The quantitative estimate of drug-likeness (QED) is 0.790. The lowest BCUT2D eigenvalue weighted by atomic mass is 10.0. The molecule has 0 fully saturated rings. The first-order valence-corrected chi connectivity index (χ1v) is 8.21. The Morgan fingerprint density at radius 1 is 1.23 bits per heavy atom. The van der Waals surface area contributed by atoms with Gasteiger partial charge in [-0.15, -0.1) is 0 Å². The predicted octanol–water partition coefficient (Wildman–Crippen LogP) is 2.96. The van der Waals surface area contributed by atoms with Crippen molar-refractivity contribution in [2.75, 3.05) is 19.0 Å². The van der Waals surface area contributed by atoms with E-state index in [9.17, 15) is 9.59 Å². The van der Waals surface area contributed by atoms with Crippen LogP contribution in [0, 0.1) is 18.3 Å². The lowest BCUT2D eigenvalue weighted by Crippen LogP contribution is -2.38. The average Bonchev–Trinajstić information content (AvgIpc) is 2.63. The summed E-state index contributed by atoms with van der Waals surface area (Å²) < 4.78 is 5.41. The molecule has 0 bridgehead atoms. The standard InChI is InChI=1S/C19H18ClN3O3/c1-12-5-3-4-6-15(12)17(26-2)11-22-18(24)19(25)23-16-9-14(20)8-7-13(16)10-21/h3-9,17H,11H2,1-2H3,(H,22,24)(H,23,25)/t17-/m1/s1. The van der Waals surface area contributed by atoms with Crippen LogP contribution in [-0.2, 0) is 14.3 Å². The van der Waals surface area contributed by atoms with Crippen LogP contribution in [0.5, 0.6) is 0 Å². The molecule has 26 heavy (non-hydrogen) atoms. The lowest BCUT2D eigenvalue weighted by molar-refractivity contribution is -0.136. The van der Waals surface area contributed by atoms with Crippen molar-refractivity contribution in [3.05, 3.63) is 64.2 Å². The molecule has 0 aliphatic heterocycles. The Morgan fingerprint density at radius 2 is 1.96 bits per heavy atom. The maximum atomic E-state index is 12.1. The van der Waals surface area contributed by atoms with E-state index in [2.05, 4.69) is 10.6 Å². The van der Waals surface area contributed by atoms with Crippen molar-refractivity contribution in [3.63, 3.8) is 0 Å². The number of halogens is 1. The molecular formula is C19H18ClN3O3. The highest BCUT2D eigenvalue weighted by Crippen LogP contribution is 2.21. The molecule has 2 aromatic carbocycles. The Kier molecular flexibility index (Phi) is 6.73. The predicted molar refractivity (Wildman–Crippen MR) is 98.7 cm³/mol. The zero-order valence-electron chi connectivity index (χ0n) is 14.4. The van der Waals surface area contributed by atoms with Crippen molar-refractivity contribution < 1.29 is 14.3 Å². The van der Waals surface area contributed by atoms with Gasteiger partial charge in [0.05, 0.1) is 17.4 Å². The second-order valence-corrected chi connectivity index (χ2v) is 5.98. The Balaban J connectivity index is 2.01. The molecule has 0 unspecified atom stereocenters. The SMILES string of the molecule is CO[C@H](CNC(=O)C(=O)Nc1cc(Cl)ccc1C#N)c1ccccc1C. The highest BCUT2D eigenvalue weighted by molar-refractivity contribution is 6.40. The fraction of sp³-hybridized carbons (Fsp3) is 0.211. The Morgan fingerprint density at radius 3 is 2.62 bits per heavy atom. The number of anilines is 1. The number of nitrogens with zero attached hydrogens (tertiary/aromatic N) is 1. The van der Waals surface area contributed by atoms with E-state index in [1.807, 2.05) is 37.3 Å². The number of nitrogens with one attached hydrogen (secondary N) is 2. The third-order valence-electron chi connectivity index (χ3n) is 3.82. The van der Waals surface area contributed by atoms with Crippen LogP contribution < -0.4 is 10.6 Å². The van der Waals surface area contributed by atoms with Gasteiger partial charge in [-0.25, -0.2) is 0 Å². The molecule has 2 amide bonds. The van der Waals surface area contributed by atoms with Gasteiger partial charge in [0, 0.05) is 18.7 Å². The normalized spacial score (nSPS) is 11.3. The smallest absolute Gasteiger partial charge is 0.313 e. The van der Waals surface area contributed by atoms with Gasteiger partial charge in [0.25, 0.3) is 0 Å². The molecule has 0 aliphatic rings. The first-order valence-electron chi connectivity index (χ1n) is 7.83. The number of ether oxygens (including phenoxy) is 1. The fourth-order valence-corrected chi connectivity index (χ4v) is 2.60. The Hall–Kier alpha value is -2.88. The molecule has 6 nitrogen and oxygen atoms in total. The molecule has 2 N–H and O–H groups in total. The van der Waals surface area contributed by atoms with Gasteiger partial charge in [0.1, 0.15) is 6.07 Å². The molecule has 0 saturated heterocycles. The van der Waals surface area contributed by atoms with Crippen LogP contribution >= 0.6 is 11.6 Å². The lowest BCUT2D eigenvalue weighted by Gasteiger charge is -2.18. The molecule has 0 aliphatic carbocycles. The number of rotatable bonds is 5. The molecule has 134 valence electrons. The van der Waals surface area contributed by atoms with Crippen LogP contribution in [0.15, 0.2) is 42.5 Å². The van der Waals surface area contributed by atoms with Gasteiger partial charge in [-0.05, 0) is 36.2 Å². The Labute approximate surface area is 156 Å². The van der Waals surface area contributed by atoms with Gasteiger partial charge in [-0.1, -0.05) is 35.9 Å². The fourth-order valence-electron chi connectivity index (χ4n) is 2.43. The maximum Gasteiger partial charge on any atom is 0.313 e. The number of amides is 2. The van der Waals surface area contributed by atoms with E-state index in [0.717, 1.165) is 11.1 Å². The molecule has 0 spiro atoms. The number of hydrogen-bond donors (Lipinski definition) is 2. The molecule has 2 aromatic rings. The highest BCUT2D eigenvalue weighted by atomic mass is 35.5. The molecule has 2 rings (SSSR count). The number of hydrogen-bond acceptors (Lipinski definition) is 4. The number of methoxy groups -OCH3 is 1. The van der Waals surface area contributed by atoms with Gasteiger partial charge in [0.2, 0.25) is 0 Å². The molecule has 0 saturated carbocycles. The number of carbonyl (C=O) groups excluding carboxylic acids is 2. The van der Waals surface area contributed by atoms with E-state index < -0.39 is 11.8 Å². The van der Waals surface area contributed by atoms with Gasteiger partial charge in [-0.2, -0.15) is 5.26 Å². The summed E-state index contributed by atoms with van der Waals surface area (Å²) in [6.45, 7) is 2.08. The summed E-state index contributed by atoms with van der Waals surface area (Å²) in [6, 6.07) is 14.0. The van der Waals surface area contributed by atoms with Gasteiger partial charge < -0.3 is 15.4 Å². The van der Waals surface area contributed by atoms with Crippen LogP contribution in [0.3, 0.4) is 0 Å². The van der Waals surface area contributed by atoms with Crippen LogP contribution in [-0.4, -0.2) is 25.5 Å². The van der Waals surface area contributed by atoms with Crippen LogP contribution in [0.1, 0.15) is 22.8 Å². The minimum absolute atomic E-state index is 0.133. The summed E-state index contributed by atoms with van der Waals surface area (Å²) >= 11 is 5.86. The van der Waals surface area contributed by atoms with E-state index in [1.54, 1.807) is 0 Å². The van der Waals surface area contributed by atoms with Gasteiger partial charge in [0.15, 0.2) is 0 Å².